The molecule has 2 aliphatic heterocycles. The van der Waals surface area contributed by atoms with Gasteiger partial charge in [0.15, 0.2) is 0 Å². The number of fused-ring (bicyclic) bond motifs is 1. The van der Waals surface area contributed by atoms with E-state index in [1.54, 1.807) is 20.3 Å². The molecule has 1 fully saturated rings. The summed E-state index contributed by atoms with van der Waals surface area (Å²) in [5.41, 5.74) is 2.15. The Morgan fingerprint density at radius 2 is 1.93 bits per heavy atom. The van der Waals surface area contributed by atoms with E-state index in [0.717, 1.165) is 74.7 Å². The summed E-state index contributed by atoms with van der Waals surface area (Å²) in [5, 5.41) is 0. The molecule has 27 heavy (non-hydrogen) atoms. The van der Waals surface area contributed by atoms with E-state index in [1.165, 1.54) is 5.69 Å². The molecule has 0 radical (unpaired) electrons. The molecular weight excluding hydrogens is 342 g/mol. The highest BCUT2D eigenvalue weighted by molar-refractivity contribution is 5.44. The summed E-state index contributed by atoms with van der Waals surface area (Å²) >= 11 is 0. The summed E-state index contributed by atoms with van der Waals surface area (Å²) < 4.78 is 13.4. The van der Waals surface area contributed by atoms with E-state index < -0.39 is 0 Å². The largest absolute Gasteiger partial charge is 0.496 e. The minimum absolute atomic E-state index is 0.0957. The Labute approximate surface area is 159 Å². The monoisotopic (exact) mass is 369 g/mol. The number of aromatic nitrogens is 2. The van der Waals surface area contributed by atoms with Gasteiger partial charge in [0.05, 0.1) is 19.8 Å². The van der Waals surface area contributed by atoms with Crippen LogP contribution in [0, 0.1) is 0 Å². The Morgan fingerprint density at radius 1 is 1.15 bits per heavy atom. The second kappa shape index (κ2) is 7.72. The molecule has 6 heteroatoms. The number of aryl methyl sites for hydroxylation is 1. The fraction of sp³-hybridized carbons (Fsp3) is 0.524. The second-order valence-electron chi connectivity index (χ2n) is 7.41. The molecule has 0 bridgehead atoms. The molecule has 1 aromatic heterocycles. The lowest BCUT2D eigenvalue weighted by Crippen LogP contribution is -2.35. The number of hydrogen-bond donors (Lipinski definition) is 0. The lowest BCUT2D eigenvalue weighted by Gasteiger charge is -2.34. The third-order valence-electron chi connectivity index (χ3n) is 5.75. The molecule has 0 aliphatic carbocycles. The smallest absolute Gasteiger partial charge is 0.273 e. The van der Waals surface area contributed by atoms with E-state index in [4.69, 9.17) is 9.47 Å². The first kappa shape index (κ1) is 18.0. The van der Waals surface area contributed by atoms with Gasteiger partial charge in [-0.05, 0) is 37.9 Å². The van der Waals surface area contributed by atoms with Crippen LogP contribution in [0.5, 0.6) is 11.5 Å². The Hall–Kier alpha value is -2.34. The summed E-state index contributed by atoms with van der Waals surface area (Å²) in [6.45, 7) is 3.74. The zero-order valence-corrected chi connectivity index (χ0v) is 16.1. The number of nitrogens with zero attached hydrogens (tertiary/aromatic N) is 3. The van der Waals surface area contributed by atoms with Gasteiger partial charge in [0.1, 0.15) is 17.3 Å². The van der Waals surface area contributed by atoms with E-state index in [2.05, 4.69) is 14.5 Å². The van der Waals surface area contributed by atoms with E-state index in [9.17, 15) is 4.79 Å². The first-order valence-corrected chi connectivity index (χ1v) is 9.72. The van der Waals surface area contributed by atoms with E-state index in [1.807, 2.05) is 18.2 Å². The van der Waals surface area contributed by atoms with E-state index in [-0.39, 0.29) is 5.56 Å². The first-order chi connectivity index (χ1) is 13.2. The average Bonchev–Trinajstić information content (AvgIpc) is 3.16. The Kier molecular flexibility index (Phi) is 5.16. The summed E-state index contributed by atoms with van der Waals surface area (Å²) in [6, 6.07) is 7.67. The highest BCUT2D eigenvalue weighted by Crippen LogP contribution is 2.33. The predicted molar refractivity (Wildman–Crippen MR) is 104 cm³/mol. The maximum absolute atomic E-state index is 12.1. The molecule has 6 nitrogen and oxygen atoms in total. The Morgan fingerprint density at radius 3 is 2.67 bits per heavy atom. The highest BCUT2D eigenvalue weighted by Gasteiger charge is 2.27. The molecule has 0 spiro atoms. The highest BCUT2D eigenvalue weighted by atomic mass is 16.5. The quantitative estimate of drug-likeness (QED) is 0.811. The van der Waals surface area contributed by atoms with Crippen molar-refractivity contribution in [3.8, 4) is 11.5 Å². The van der Waals surface area contributed by atoms with Gasteiger partial charge in [0.2, 0.25) is 0 Å². The predicted octanol–water partition coefficient (Wildman–Crippen LogP) is 2.59. The first-order valence-electron chi connectivity index (χ1n) is 9.72. The van der Waals surface area contributed by atoms with Gasteiger partial charge in [-0.25, -0.2) is 0 Å². The molecule has 0 N–H and O–H groups in total. The number of hydrogen-bond acceptors (Lipinski definition) is 5. The topological polar surface area (TPSA) is 56.6 Å². The van der Waals surface area contributed by atoms with Crippen LogP contribution >= 0.6 is 0 Å². The van der Waals surface area contributed by atoms with Crippen molar-refractivity contribution >= 4 is 0 Å². The second-order valence-corrected chi connectivity index (χ2v) is 7.41. The number of methoxy groups -OCH3 is 2. The molecule has 0 saturated carbocycles. The molecule has 1 saturated heterocycles. The number of likely N-dealkylation sites (tertiary alicyclic amines) is 1. The van der Waals surface area contributed by atoms with Crippen LogP contribution in [0.25, 0.3) is 0 Å². The maximum Gasteiger partial charge on any atom is 0.273 e. The van der Waals surface area contributed by atoms with Gasteiger partial charge in [-0.15, -0.1) is 0 Å². The maximum atomic E-state index is 12.1. The van der Waals surface area contributed by atoms with Gasteiger partial charge in [-0.1, -0.05) is 6.07 Å². The van der Waals surface area contributed by atoms with Crippen molar-refractivity contribution in [1.82, 2.24) is 14.5 Å². The SMILES string of the molecule is COc1cccc(OC)c1CN1CCCC(c2cc(=O)nc3n2CCC3)C1. The molecule has 2 aromatic rings. The molecule has 0 amide bonds. The zero-order valence-electron chi connectivity index (χ0n) is 16.1. The summed E-state index contributed by atoms with van der Waals surface area (Å²) in [7, 11) is 3.40. The summed E-state index contributed by atoms with van der Waals surface area (Å²) in [5.74, 6) is 3.04. The van der Waals surface area contributed by atoms with Gasteiger partial charge in [-0.2, -0.15) is 4.98 Å². The third kappa shape index (κ3) is 3.58. The van der Waals surface area contributed by atoms with Crippen LogP contribution in [0.3, 0.4) is 0 Å². The van der Waals surface area contributed by atoms with Crippen molar-refractivity contribution in [3.63, 3.8) is 0 Å². The van der Waals surface area contributed by atoms with Crippen molar-refractivity contribution in [2.24, 2.45) is 0 Å². The molecular formula is C21H27N3O3. The van der Waals surface area contributed by atoms with Crippen LogP contribution in [-0.4, -0.2) is 41.8 Å². The van der Waals surface area contributed by atoms with Crippen LogP contribution in [0.2, 0.25) is 0 Å². The van der Waals surface area contributed by atoms with Gasteiger partial charge < -0.3 is 14.0 Å². The van der Waals surface area contributed by atoms with Crippen LogP contribution in [0.15, 0.2) is 29.1 Å². The van der Waals surface area contributed by atoms with Crippen LogP contribution in [-0.2, 0) is 19.5 Å². The number of benzene rings is 1. The third-order valence-corrected chi connectivity index (χ3v) is 5.75. The van der Waals surface area contributed by atoms with Crippen LogP contribution in [0.1, 0.15) is 42.3 Å². The summed E-state index contributed by atoms with van der Waals surface area (Å²) in [4.78, 5) is 18.7. The van der Waals surface area contributed by atoms with Crippen molar-refractivity contribution < 1.29 is 9.47 Å². The van der Waals surface area contributed by atoms with Crippen LogP contribution in [0.4, 0.5) is 0 Å². The molecule has 2 aliphatic rings. The van der Waals surface area contributed by atoms with Crippen LogP contribution < -0.4 is 15.0 Å². The normalized spacial score (nSPS) is 19.7. The Balaban J connectivity index is 1.58. The van der Waals surface area contributed by atoms with Gasteiger partial charge in [-0.3, -0.25) is 9.69 Å². The standard InChI is InChI=1S/C21H27N3O3/c1-26-18-7-3-8-19(27-2)16(18)14-23-10-4-6-15(13-23)17-12-21(25)22-20-9-5-11-24(17)20/h3,7-8,12,15H,4-6,9-11,13-14H2,1-2H3. The molecule has 1 unspecified atom stereocenters. The van der Waals surface area contributed by atoms with E-state index in [0.29, 0.717) is 5.92 Å². The molecule has 1 aromatic carbocycles. The molecule has 1 atom stereocenters. The molecule has 144 valence electrons. The lowest BCUT2D eigenvalue weighted by molar-refractivity contribution is 0.192. The Bertz CT molecular complexity index is 855. The average molecular weight is 369 g/mol. The van der Waals surface area contributed by atoms with Crippen molar-refractivity contribution in [3.05, 3.63) is 51.7 Å². The van der Waals surface area contributed by atoms with Crippen molar-refractivity contribution in [2.75, 3.05) is 27.3 Å². The number of ether oxygens (including phenoxy) is 2. The lowest BCUT2D eigenvalue weighted by atomic mass is 9.93. The molecule has 4 rings (SSSR count). The van der Waals surface area contributed by atoms with Gasteiger partial charge in [0, 0.05) is 43.7 Å². The fourth-order valence-corrected chi connectivity index (χ4v) is 4.50. The van der Waals surface area contributed by atoms with Gasteiger partial charge >= 0.3 is 0 Å². The number of piperidine rings is 1. The minimum atomic E-state index is -0.0957. The summed E-state index contributed by atoms with van der Waals surface area (Å²) in [6.07, 6.45) is 4.23. The van der Waals surface area contributed by atoms with E-state index >= 15 is 0 Å². The molecule has 3 heterocycles. The fourth-order valence-electron chi connectivity index (χ4n) is 4.50. The zero-order chi connectivity index (χ0) is 18.8. The van der Waals surface area contributed by atoms with Crippen molar-refractivity contribution in [2.45, 2.75) is 44.7 Å². The number of rotatable bonds is 5. The van der Waals surface area contributed by atoms with Gasteiger partial charge in [0.25, 0.3) is 5.56 Å². The minimum Gasteiger partial charge on any atom is -0.496 e. The van der Waals surface area contributed by atoms with Crippen molar-refractivity contribution in [1.29, 1.82) is 0 Å².